The number of hydrogen-bond acceptors (Lipinski definition) is 6. The van der Waals surface area contributed by atoms with E-state index in [2.05, 4.69) is 64.1 Å². The van der Waals surface area contributed by atoms with Crippen LogP contribution in [0.2, 0.25) is 0 Å². The zero-order valence-corrected chi connectivity index (χ0v) is 19.4. The van der Waals surface area contributed by atoms with Crippen molar-refractivity contribution < 1.29 is 13.9 Å². The van der Waals surface area contributed by atoms with Gasteiger partial charge in [0.1, 0.15) is 5.75 Å². The smallest absolute Gasteiger partial charge is 0.277 e. The lowest BCUT2D eigenvalue weighted by Gasteiger charge is -2.13. The van der Waals surface area contributed by atoms with E-state index in [0.717, 1.165) is 26.1 Å². The average molecular weight is 523 g/mol. The number of benzene rings is 2. The second kappa shape index (κ2) is 10.1. The van der Waals surface area contributed by atoms with Crippen molar-refractivity contribution in [2.75, 3.05) is 11.1 Å². The summed E-state index contributed by atoms with van der Waals surface area (Å²) in [6, 6.07) is 13.8. The number of carbonyl (C=O) groups is 1. The van der Waals surface area contributed by atoms with Crippen LogP contribution in [0.3, 0.4) is 0 Å². The van der Waals surface area contributed by atoms with E-state index >= 15 is 0 Å². The van der Waals surface area contributed by atoms with Crippen LogP contribution in [-0.2, 0) is 11.4 Å². The highest BCUT2D eigenvalue weighted by molar-refractivity contribution is 14.1. The first kappa shape index (κ1) is 21.6. The van der Waals surface area contributed by atoms with E-state index in [1.54, 1.807) is 0 Å². The van der Waals surface area contributed by atoms with Crippen LogP contribution >= 0.6 is 34.4 Å². The predicted molar refractivity (Wildman–Crippen MR) is 122 cm³/mol. The van der Waals surface area contributed by atoms with Gasteiger partial charge in [0.05, 0.1) is 5.75 Å². The Labute approximate surface area is 188 Å². The summed E-state index contributed by atoms with van der Waals surface area (Å²) in [7, 11) is 0. The van der Waals surface area contributed by atoms with Crippen LogP contribution < -0.4 is 10.1 Å². The number of rotatable bonds is 8. The van der Waals surface area contributed by atoms with Crippen molar-refractivity contribution in [1.29, 1.82) is 0 Å². The van der Waals surface area contributed by atoms with E-state index in [0.29, 0.717) is 17.0 Å². The molecular formula is C21H22IN3O3S. The molecule has 0 saturated carbocycles. The lowest BCUT2D eigenvalue weighted by Crippen LogP contribution is -2.13. The maximum absolute atomic E-state index is 12.1. The van der Waals surface area contributed by atoms with Crippen LogP contribution in [0.25, 0.3) is 0 Å². The number of thioether (sulfide) groups is 1. The van der Waals surface area contributed by atoms with Gasteiger partial charge >= 0.3 is 0 Å². The quantitative estimate of drug-likeness (QED) is 0.314. The highest BCUT2D eigenvalue weighted by Crippen LogP contribution is 2.28. The highest BCUT2D eigenvalue weighted by Gasteiger charge is 2.13. The summed E-state index contributed by atoms with van der Waals surface area (Å²) < 4.78 is 12.6. The van der Waals surface area contributed by atoms with Gasteiger partial charge in [0, 0.05) is 9.26 Å². The van der Waals surface area contributed by atoms with Crippen molar-refractivity contribution in [1.82, 2.24) is 10.2 Å². The molecule has 0 atom stereocenters. The molecule has 0 aliphatic rings. The largest absolute Gasteiger partial charge is 0.484 e. The van der Waals surface area contributed by atoms with Gasteiger partial charge in [-0.15, -0.1) is 10.2 Å². The van der Waals surface area contributed by atoms with E-state index in [1.165, 1.54) is 11.8 Å². The number of aromatic nitrogens is 2. The van der Waals surface area contributed by atoms with E-state index in [4.69, 9.17) is 9.15 Å². The molecule has 29 heavy (non-hydrogen) atoms. The molecule has 1 N–H and O–H groups in total. The van der Waals surface area contributed by atoms with E-state index < -0.39 is 0 Å². The van der Waals surface area contributed by atoms with Crippen LogP contribution in [0.5, 0.6) is 5.75 Å². The molecule has 1 aromatic heterocycles. The molecule has 0 spiro atoms. The summed E-state index contributed by atoms with van der Waals surface area (Å²) in [4.78, 5) is 12.1. The van der Waals surface area contributed by atoms with Gasteiger partial charge in [0.15, 0.2) is 6.61 Å². The summed E-state index contributed by atoms with van der Waals surface area (Å²) >= 11 is 3.41. The average Bonchev–Trinajstić information content (AvgIpc) is 3.14. The Morgan fingerprint density at radius 2 is 1.97 bits per heavy atom. The molecule has 0 unspecified atom stereocenters. The van der Waals surface area contributed by atoms with Crippen LogP contribution in [0, 0.1) is 10.5 Å². The SMILES string of the molecule is Cc1ccc(C(C)C)c(OCc2nnc(SCC(=O)Nc3ccc(I)cc3)o2)c1. The molecule has 8 heteroatoms. The molecule has 0 aliphatic carbocycles. The van der Waals surface area contributed by atoms with Crippen LogP contribution in [0.1, 0.15) is 36.8 Å². The molecule has 1 amide bonds. The number of anilines is 1. The molecular weight excluding hydrogens is 501 g/mol. The Kier molecular flexibility index (Phi) is 7.54. The molecule has 0 saturated heterocycles. The summed E-state index contributed by atoms with van der Waals surface area (Å²) in [5.41, 5.74) is 3.03. The first-order valence-electron chi connectivity index (χ1n) is 9.14. The molecule has 152 valence electrons. The van der Waals surface area contributed by atoms with Crippen molar-refractivity contribution in [3.63, 3.8) is 0 Å². The minimum atomic E-state index is -0.131. The topological polar surface area (TPSA) is 77.2 Å². The lowest BCUT2D eigenvalue weighted by molar-refractivity contribution is -0.113. The Hall–Kier alpha value is -2.07. The number of aryl methyl sites for hydroxylation is 1. The molecule has 0 fully saturated rings. The van der Waals surface area contributed by atoms with Gasteiger partial charge in [0.25, 0.3) is 11.1 Å². The first-order chi connectivity index (χ1) is 13.9. The number of hydrogen-bond donors (Lipinski definition) is 1. The van der Waals surface area contributed by atoms with Gasteiger partial charge in [-0.1, -0.05) is 37.7 Å². The molecule has 1 heterocycles. The summed E-state index contributed by atoms with van der Waals surface area (Å²) in [6.45, 7) is 6.46. The number of nitrogens with zero attached hydrogens (tertiary/aromatic N) is 2. The van der Waals surface area contributed by atoms with Crippen molar-refractivity contribution in [2.45, 2.75) is 38.5 Å². The normalized spacial score (nSPS) is 10.9. The van der Waals surface area contributed by atoms with Gasteiger partial charge in [-0.2, -0.15) is 0 Å². The summed E-state index contributed by atoms with van der Waals surface area (Å²) in [5, 5.41) is 11.2. The van der Waals surface area contributed by atoms with E-state index in [9.17, 15) is 4.79 Å². The lowest BCUT2D eigenvalue weighted by atomic mass is 10.0. The second-order valence-corrected chi connectivity index (χ2v) is 8.96. The van der Waals surface area contributed by atoms with Crippen LogP contribution in [-0.4, -0.2) is 21.9 Å². The number of ether oxygens (including phenoxy) is 1. The minimum Gasteiger partial charge on any atom is -0.484 e. The summed E-state index contributed by atoms with van der Waals surface area (Å²) in [5.74, 6) is 1.61. The fourth-order valence-electron chi connectivity index (χ4n) is 2.60. The van der Waals surface area contributed by atoms with Gasteiger partial charge in [-0.05, 0) is 76.9 Å². The number of carbonyl (C=O) groups excluding carboxylic acids is 1. The molecule has 6 nitrogen and oxygen atoms in total. The zero-order chi connectivity index (χ0) is 20.8. The fraction of sp³-hybridized carbons (Fsp3) is 0.286. The maximum Gasteiger partial charge on any atom is 0.277 e. The third-order valence-electron chi connectivity index (χ3n) is 4.05. The van der Waals surface area contributed by atoms with E-state index in [1.807, 2.05) is 37.3 Å². The van der Waals surface area contributed by atoms with Gasteiger partial charge in [-0.3, -0.25) is 4.79 Å². The van der Waals surface area contributed by atoms with Gasteiger partial charge in [0.2, 0.25) is 5.91 Å². The number of nitrogens with one attached hydrogen (secondary N) is 1. The maximum atomic E-state index is 12.1. The Morgan fingerprint density at radius 1 is 1.21 bits per heavy atom. The molecule has 0 aliphatic heterocycles. The third-order valence-corrected chi connectivity index (χ3v) is 5.58. The predicted octanol–water partition coefficient (Wildman–Crippen LogP) is 5.42. The molecule has 3 rings (SSSR count). The van der Waals surface area contributed by atoms with Gasteiger partial charge < -0.3 is 14.5 Å². The third kappa shape index (κ3) is 6.46. The minimum absolute atomic E-state index is 0.131. The molecule has 0 bridgehead atoms. The standard InChI is InChI=1S/C21H22IN3O3S/c1-13(2)17-9-4-14(3)10-18(17)27-11-20-24-25-21(28-20)29-12-19(26)23-16-7-5-15(22)6-8-16/h4-10,13H,11-12H2,1-3H3,(H,23,26). The highest BCUT2D eigenvalue weighted by atomic mass is 127. The summed E-state index contributed by atoms with van der Waals surface area (Å²) in [6.07, 6.45) is 0. The Balaban J connectivity index is 1.51. The Bertz CT molecular complexity index is 974. The van der Waals surface area contributed by atoms with Crippen molar-refractivity contribution in [2.24, 2.45) is 0 Å². The fourth-order valence-corrected chi connectivity index (χ4v) is 3.54. The first-order valence-corrected chi connectivity index (χ1v) is 11.2. The molecule has 3 aromatic rings. The van der Waals surface area contributed by atoms with Crippen LogP contribution in [0.15, 0.2) is 52.1 Å². The zero-order valence-electron chi connectivity index (χ0n) is 16.4. The number of halogens is 1. The van der Waals surface area contributed by atoms with Crippen molar-refractivity contribution in [3.05, 3.63) is 63.1 Å². The second-order valence-electron chi connectivity index (χ2n) is 6.79. The van der Waals surface area contributed by atoms with Crippen molar-refractivity contribution >= 4 is 45.9 Å². The van der Waals surface area contributed by atoms with Crippen LogP contribution in [0.4, 0.5) is 5.69 Å². The van der Waals surface area contributed by atoms with Gasteiger partial charge in [-0.25, -0.2) is 0 Å². The van der Waals surface area contributed by atoms with Crippen molar-refractivity contribution in [3.8, 4) is 5.75 Å². The number of amides is 1. The van der Waals surface area contributed by atoms with E-state index in [-0.39, 0.29) is 18.3 Å². The monoisotopic (exact) mass is 523 g/mol. The molecule has 2 aromatic carbocycles. The molecule has 0 radical (unpaired) electrons. The Morgan fingerprint density at radius 3 is 2.69 bits per heavy atom.